The number of amides is 1. The maximum Gasteiger partial charge on any atom is 0.327 e. The first-order chi connectivity index (χ1) is 11.5. The van der Waals surface area contributed by atoms with Gasteiger partial charge in [-0.1, -0.05) is 12.1 Å². The fraction of sp³-hybridized carbons (Fsp3) is 0.125. The largest absolute Gasteiger partial charge is 0.496 e. The summed E-state index contributed by atoms with van der Waals surface area (Å²) in [4.78, 5) is 34.3. The zero-order valence-electron chi connectivity index (χ0n) is 12.9. The summed E-state index contributed by atoms with van der Waals surface area (Å²) in [6, 6.07) is 9.02. The highest BCUT2D eigenvalue weighted by atomic mass is 16.6. The molecule has 0 aliphatic rings. The van der Waals surface area contributed by atoms with Crippen molar-refractivity contribution in [2.75, 3.05) is 19.5 Å². The van der Waals surface area contributed by atoms with E-state index in [1.54, 1.807) is 12.1 Å². The van der Waals surface area contributed by atoms with E-state index in [1.165, 1.54) is 38.5 Å². The van der Waals surface area contributed by atoms with E-state index in [0.717, 1.165) is 0 Å². The van der Waals surface area contributed by atoms with Gasteiger partial charge in [0, 0.05) is 5.56 Å². The Morgan fingerprint density at radius 2 is 1.75 bits per heavy atom. The lowest BCUT2D eigenvalue weighted by atomic mass is 10.1. The molecule has 0 aliphatic carbocycles. The van der Waals surface area contributed by atoms with Crippen LogP contribution in [-0.2, 0) is 0 Å². The van der Waals surface area contributed by atoms with Gasteiger partial charge in [0.05, 0.1) is 24.8 Å². The van der Waals surface area contributed by atoms with Crippen LogP contribution in [0, 0.1) is 10.1 Å². The summed E-state index contributed by atoms with van der Waals surface area (Å²) in [5.41, 5.74) is -0.326. The second-order valence-electron chi connectivity index (χ2n) is 4.61. The van der Waals surface area contributed by atoms with Gasteiger partial charge >= 0.3 is 5.69 Å². The third-order valence-corrected chi connectivity index (χ3v) is 3.29. The predicted molar refractivity (Wildman–Crippen MR) is 86.0 cm³/mol. The molecule has 0 saturated heterocycles. The summed E-state index contributed by atoms with van der Waals surface area (Å²) in [6.07, 6.45) is 0.576. The lowest BCUT2D eigenvalue weighted by molar-refractivity contribution is -0.386. The molecule has 1 amide bonds. The molecule has 0 saturated carbocycles. The standard InChI is InChI=1S/C16H14N2O6/c1-23-12-7-8-13(24-2)15(18(21)22)14(12)16(20)17-11-6-4-3-5-10(11)9-19/h3-9H,1-2H3,(H,17,20). The minimum absolute atomic E-state index is 0.0172. The molecular formula is C16H14N2O6. The second-order valence-corrected chi connectivity index (χ2v) is 4.61. The van der Waals surface area contributed by atoms with E-state index in [4.69, 9.17) is 9.47 Å². The third kappa shape index (κ3) is 3.17. The monoisotopic (exact) mass is 330 g/mol. The molecule has 24 heavy (non-hydrogen) atoms. The Morgan fingerprint density at radius 1 is 1.12 bits per heavy atom. The molecule has 2 aromatic carbocycles. The van der Waals surface area contributed by atoms with E-state index in [-0.39, 0.29) is 28.3 Å². The van der Waals surface area contributed by atoms with Gasteiger partial charge < -0.3 is 14.8 Å². The molecular weight excluding hydrogens is 316 g/mol. The number of nitrogens with one attached hydrogen (secondary N) is 1. The smallest absolute Gasteiger partial charge is 0.327 e. The van der Waals surface area contributed by atoms with Crippen LogP contribution in [0.1, 0.15) is 20.7 Å². The van der Waals surface area contributed by atoms with Crippen molar-refractivity contribution >= 4 is 23.6 Å². The van der Waals surface area contributed by atoms with Crippen LogP contribution in [0.4, 0.5) is 11.4 Å². The van der Waals surface area contributed by atoms with Gasteiger partial charge in [-0.15, -0.1) is 0 Å². The third-order valence-electron chi connectivity index (χ3n) is 3.29. The van der Waals surface area contributed by atoms with E-state index in [2.05, 4.69) is 5.32 Å². The van der Waals surface area contributed by atoms with E-state index in [0.29, 0.717) is 6.29 Å². The molecule has 8 nitrogen and oxygen atoms in total. The van der Waals surface area contributed by atoms with Crippen molar-refractivity contribution in [2.24, 2.45) is 0 Å². The van der Waals surface area contributed by atoms with Crippen molar-refractivity contribution < 1.29 is 24.0 Å². The molecule has 0 aromatic heterocycles. The second kappa shape index (κ2) is 7.23. The SMILES string of the molecule is COc1ccc(OC)c([N+](=O)[O-])c1C(=O)Nc1ccccc1C=O. The Hall–Kier alpha value is -3.42. The molecule has 0 radical (unpaired) electrons. The first-order valence-electron chi connectivity index (χ1n) is 6.78. The average molecular weight is 330 g/mol. The topological polar surface area (TPSA) is 108 Å². The van der Waals surface area contributed by atoms with E-state index >= 15 is 0 Å². The van der Waals surface area contributed by atoms with Gasteiger partial charge in [0.15, 0.2) is 17.6 Å². The Kier molecular flexibility index (Phi) is 5.10. The fourth-order valence-corrected chi connectivity index (χ4v) is 2.19. The average Bonchev–Trinajstić information content (AvgIpc) is 2.60. The summed E-state index contributed by atoms with van der Waals surface area (Å²) < 4.78 is 10.0. The van der Waals surface area contributed by atoms with Crippen LogP contribution in [0.5, 0.6) is 11.5 Å². The maximum absolute atomic E-state index is 12.6. The van der Waals surface area contributed by atoms with E-state index < -0.39 is 16.5 Å². The van der Waals surface area contributed by atoms with Gasteiger partial charge in [0.1, 0.15) is 5.75 Å². The van der Waals surface area contributed by atoms with Crippen molar-refractivity contribution in [1.29, 1.82) is 0 Å². The molecule has 8 heteroatoms. The Bertz CT molecular complexity index is 803. The minimum Gasteiger partial charge on any atom is -0.496 e. The van der Waals surface area contributed by atoms with Crippen LogP contribution >= 0.6 is 0 Å². The number of anilines is 1. The summed E-state index contributed by atoms with van der Waals surface area (Å²) in [5.74, 6) is -0.843. The van der Waals surface area contributed by atoms with E-state index in [1.807, 2.05) is 0 Å². The molecule has 0 fully saturated rings. The number of benzene rings is 2. The number of nitro groups is 1. The Balaban J connectivity index is 2.55. The molecule has 0 bridgehead atoms. The van der Waals surface area contributed by atoms with Crippen LogP contribution in [0.15, 0.2) is 36.4 Å². The van der Waals surface area contributed by atoms with Gasteiger partial charge in [-0.3, -0.25) is 19.7 Å². The molecule has 0 heterocycles. The van der Waals surface area contributed by atoms with Crippen LogP contribution in [0.3, 0.4) is 0 Å². The van der Waals surface area contributed by atoms with Crippen molar-refractivity contribution in [3.8, 4) is 11.5 Å². The first-order valence-corrected chi connectivity index (χ1v) is 6.78. The molecule has 0 atom stereocenters. The summed E-state index contributed by atoms with van der Waals surface area (Å²) in [6.45, 7) is 0. The number of para-hydroxylation sites is 1. The van der Waals surface area contributed by atoms with Crippen LogP contribution in [0.2, 0.25) is 0 Å². The Labute approximate surface area is 137 Å². The fourth-order valence-electron chi connectivity index (χ4n) is 2.19. The van der Waals surface area contributed by atoms with Gasteiger partial charge in [0.2, 0.25) is 0 Å². The highest BCUT2D eigenvalue weighted by molar-refractivity contribution is 6.11. The normalized spacial score (nSPS) is 9.92. The number of hydrogen-bond acceptors (Lipinski definition) is 6. The van der Waals surface area contributed by atoms with Crippen LogP contribution in [0.25, 0.3) is 0 Å². The first kappa shape index (κ1) is 16.9. The summed E-state index contributed by atoms with van der Waals surface area (Å²) in [7, 11) is 2.56. The quantitative estimate of drug-likeness (QED) is 0.495. The van der Waals surface area contributed by atoms with Gasteiger partial charge in [0.25, 0.3) is 5.91 Å². The molecule has 1 N–H and O–H groups in total. The van der Waals surface area contributed by atoms with Crippen molar-refractivity contribution in [3.63, 3.8) is 0 Å². The number of carbonyl (C=O) groups is 2. The number of rotatable bonds is 6. The lowest BCUT2D eigenvalue weighted by Gasteiger charge is -2.12. The number of ether oxygens (including phenoxy) is 2. The van der Waals surface area contributed by atoms with Gasteiger partial charge in [-0.25, -0.2) is 0 Å². The van der Waals surface area contributed by atoms with Gasteiger partial charge in [-0.05, 0) is 24.3 Å². The maximum atomic E-state index is 12.6. The molecule has 2 rings (SSSR count). The molecule has 0 unspecified atom stereocenters. The minimum atomic E-state index is -0.785. The Morgan fingerprint density at radius 3 is 2.33 bits per heavy atom. The van der Waals surface area contributed by atoms with Crippen LogP contribution in [-0.4, -0.2) is 31.3 Å². The number of aldehydes is 1. The molecule has 124 valence electrons. The number of hydrogen-bond donors (Lipinski definition) is 1. The van der Waals surface area contributed by atoms with E-state index in [9.17, 15) is 19.7 Å². The van der Waals surface area contributed by atoms with Crippen molar-refractivity contribution in [3.05, 3.63) is 57.6 Å². The summed E-state index contributed by atoms with van der Waals surface area (Å²) >= 11 is 0. The zero-order chi connectivity index (χ0) is 17.7. The van der Waals surface area contributed by atoms with Gasteiger partial charge in [-0.2, -0.15) is 0 Å². The lowest BCUT2D eigenvalue weighted by Crippen LogP contribution is -2.17. The highest BCUT2D eigenvalue weighted by Gasteiger charge is 2.30. The number of carbonyl (C=O) groups excluding carboxylic acids is 2. The molecule has 2 aromatic rings. The van der Waals surface area contributed by atoms with Crippen molar-refractivity contribution in [1.82, 2.24) is 0 Å². The predicted octanol–water partition coefficient (Wildman–Crippen LogP) is 2.68. The molecule has 0 aliphatic heterocycles. The number of nitro benzene ring substituents is 1. The van der Waals surface area contributed by atoms with Crippen molar-refractivity contribution in [2.45, 2.75) is 0 Å². The zero-order valence-corrected chi connectivity index (χ0v) is 12.9. The number of nitrogens with zero attached hydrogens (tertiary/aromatic N) is 1. The number of methoxy groups -OCH3 is 2. The summed E-state index contributed by atoms with van der Waals surface area (Å²) in [5, 5.41) is 13.9. The highest BCUT2D eigenvalue weighted by Crippen LogP contribution is 2.37. The van der Waals surface area contributed by atoms with Crippen LogP contribution < -0.4 is 14.8 Å². The molecule has 0 spiro atoms.